The van der Waals surface area contributed by atoms with Crippen molar-refractivity contribution in [2.45, 2.75) is 164 Å². The first-order chi connectivity index (χ1) is 41.5. The van der Waals surface area contributed by atoms with Crippen LogP contribution in [0.4, 0.5) is 45.2 Å². The van der Waals surface area contributed by atoms with Gasteiger partial charge < -0.3 is 57.6 Å². The van der Waals surface area contributed by atoms with E-state index >= 15 is 0 Å². The highest BCUT2D eigenvalue weighted by atomic mass is 35.5. The number of nitrogens with zero attached hydrogens (tertiary/aromatic N) is 10. The highest BCUT2D eigenvalue weighted by Crippen LogP contribution is 2.40. The summed E-state index contributed by atoms with van der Waals surface area (Å²) in [4.78, 5) is 46.9. The van der Waals surface area contributed by atoms with Crippen LogP contribution in [-0.4, -0.2) is 190 Å². The predicted molar refractivity (Wildman–Crippen MR) is 324 cm³/mol. The molecule has 24 nitrogen and oxygen atoms in total. The van der Waals surface area contributed by atoms with E-state index in [0.717, 1.165) is 12.8 Å². The topological polar surface area (TPSA) is 371 Å². The third-order valence-corrected chi connectivity index (χ3v) is 16.6. The first kappa shape index (κ1) is 75.9. The van der Waals surface area contributed by atoms with Crippen LogP contribution in [0.5, 0.6) is 0 Å². The molecule has 490 valence electrons. The Kier molecular flexibility index (Phi) is 33.1. The third-order valence-electron chi connectivity index (χ3n) is 15.4. The van der Waals surface area contributed by atoms with Crippen LogP contribution in [0.1, 0.15) is 72.1 Å². The van der Waals surface area contributed by atoms with Crippen LogP contribution in [-0.2, 0) is 9.09 Å². The molecule has 5 aromatic heterocycles. The smallest absolute Gasteiger partial charge is 0.396 e. The lowest BCUT2D eigenvalue weighted by atomic mass is 10.0. The van der Waals surface area contributed by atoms with Crippen LogP contribution >= 0.6 is 67.1 Å². The third kappa shape index (κ3) is 23.0. The van der Waals surface area contributed by atoms with Gasteiger partial charge in [0, 0.05) is 66.2 Å². The molecule has 0 radical (unpaired) electrons. The number of nitrogens with two attached hydrogens (primary N) is 1. The first-order valence-electron chi connectivity index (χ1n) is 27.9. The zero-order valence-electron chi connectivity index (χ0n) is 47.8. The average Bonchev–Trinajstić information content (AvgIpc) is 4.06. The normalized spacial score (nSPS) is 31.8. The number of alkyl halides is 5. The Morgan fingerprint density at radius 1 is 0.500 bits per heavy atom. The SMILES string of the molecule is CC[C@H]1C[C@@H](Nc2cc(Cl)ncn2)[C@@H](F)[C@@H]1O.CC[C@H]1C[C@@H](Nc2ccncn2)[C@@H](F)[C@@H]1O.CC[C@H]1C[C@@H](Nc2ccncn2)[C@@H](F)[C@@H]1O[P+](=O)O.Cl.Clc1cc(Cl)ncn1.N[C@@H]1C[C@H](CO)[C@@H](O)[C@@H]1F.OC[C@H]1C[C@@H](Nc2cc(Cl)ncn2)[C@@H](F)[C@@H]1O. The average molecular weight is 1370 g/mol. The number of anilines is 4. The van der Waals surface area contributed by atoms with E-state index in [1.54, 1.807) is 30.6 Å². The van der Waals surface area contributed by atoms with Crippen molar-refractivity contribution in [1.29, 1.82) is 0 Å². The monoisotopic (exact) mass is 1370 g/mol. The van der Waals surface area contributed by atoms with E-state index in [9.17, 15) is 41.8 Å². The molecule has 1 unspecified atom stereocenters. The molecule has 5 fully saturated rings. The van der Waals surface area contributed by atoms with Gasteiger partial charge in [-0.05, 0) is 62.0 Å². The molecule has 5 aromatic rings. The summed E-state index contributed by atoms with van der Waals surface area (Å²) in [5.74, 6) is 1.17. The van der Waals surface area contributed by atoms with Crippen LogP contribution in [0, 0.1) is 29.6 Å². The van der Waals surface area contributed by atoms with Crippen molar-refractivity contribution < 1.29 is 66.6 Å². The summed E-state index contributed by atoms with van der Waals surface area (Å²) in [6.07, 6.45) is 3.17. The van der Waals surface area contributed by atoms with Gasteiger partial charge in [-0.1, -0.05) is 86.4 Å². The Bertz CT molecular complexity index is 2720. The van der Waals surface area contributed by atoms with E-state index < -0.39 is 99.7 Å². The van der Waals surface area contributed by atoms with E-state index in [2.05, 4.69) is 71.1 Å². The second kappa shape index (κ2) is 38.3. The second-order valence-electron chi connectivity index (χ2n) is 21.0. The van der Waals surface area contributed by atoms with Gasteiger partial charge in [0.25, 0.3) is 0 Å². The van der Waals surface area contributed by atoms with Crippen molar-refractivity contribution in [2.75, 3.05) is 34.5 Å². The van der Waals surface area contributed by atoms with Crippen molar-refractivity contribution >= 4 is 90.3 Å². The molecule has 5 aliphatic rings. The Balaban J connectivity index is 0.000000230. The Labute approximate surface area is 532 Å². The summed E-state index contributed by atoms with van der Waals surface area (Å²) in [6.45, 7) is 5.41. The molecular weight excluding hydrogens is 1290 g/mol. The summed E-state index contributed by atoms with van der Waals surface area (Å²) in [5.41, 5.74) is 5.29. The first-order valence-corrected chi connectivity index (χ1v) is 30.6. The summed E-state index contributed by atoms with van der Waals surface area (Å²) in [7, 11) is -2.79. The van der Waals surface area contributed by atoms with Crippen LogP contribution in [0.3, 0.4) is 0 Å². The molecule has 0 aliphatic heterocycles. The fraction of sp³-hybridized carbons (Fsp3) is 0.623. The molecule has 35 heteroatoms. The lowest BCUT2D eigenvalue weighted by Gasteiger charge is -2.16. The molecule has 0 spiro atoms. The van der Waals surface area contributed by atoms with E-state index in [-0.39, 0.29) is 60.5 Å². The van der Waals surface area contributed by atoms with Gasteiger partial charge in [-0.2, -0.15) is 0 Å². The van der Waals surface area contributed by atoms with Crippen LogP contribution in [0.25, 0.3) is 0 Å². The van der Waals surface area contributed by atoms with Crippen LogP contribution < -0.4 is 27.0 Å². The number of halogens is 10. The number of hydrogen-bond acceptors (Lipinski definition) is 23. The zero-order valence-corrected chi connectivity index (χ0v) is 52.5. The molecule has 21 atom stereocenters. The van der Waals surface area contributed by atoms with Crippen LogP contribution in [0.2, 0.25) is 20.6 Å². The minimum absolute atomic E-state index is 0. The molecule has 0 amide bonds. The van der Waals surface area contributed by atoms with Crippen molar-refractivity contribution in [3.63, 3.8) is 0 Å². The number of aliphatic hydroxyl groups is 6. The Hall–Kier alpha value is -4.56. The van der Waals surface area contributed by atoms with Gasteiger partial charge in [-0.3, -0.25) is 0 Å². The summed E-state index contributed by atoms with van der Waals surface area (Å²) >= 11 is 22.2. The van der Waals surface area contributed by atoms with Gasteiger partial charge in [0.1, 0.15) is 100 Å². The second-order valence-corrected chi connectivity index (χ2v) is 23.3. The minimum atomic E-state index is -2.79. The number of rotatable bonds is 15. The highest BCUT2D eigenvalue weighted by molar-refractivity contribution is 7.32. The van der Waals surface area contributed by atoms with Gasteiger partial charge in [0.2, 0.25) is 0 Å². The molecule has 10 rings (SSSR count). The van der Waals surface area contributed by atoms with Gasteiger partial charge in [-0.15, -0.1) is 21.8 Å². The molecule has 5 heterocycles. The maximum absolute atomic E-state index is 14.3. The Morgan fingerprint density at radius 2 is 0.830 bits per heavy atom. The van der Waals surface area contributed by atoms with Gasteiger partial charge in [-0.25, -0.2) is 71.8 Å². The van der Waals surface area contributed by atoms with Gasteiger partial charge in [0.15, 0.2) is 12.3 Å². The van der Waals surface area contributed by atoms with E-state index in [1.165, 1.54) is 43.8 Å². The fourth-order valence-electron chi connectivity index (χ4n) is 10.5. The van der Waals surface area contributed by atoms with Gasteiger partial charge in [0.05, 0.1) is 48.6 Å². The zero-order chi connectivity index (χ0) is 63.9. The van der Waals surface area contributed by atoms with Crippen molar-refractivity contribution in [2.24, 2.45) is 35.3 Å². The molecular formula is C53H75Cl5F5N15O9P+. The highest BCUT2D eigenvalue weighted by Gasteiger charge is 2.49. The number of nitrogens with one attached hydrogen (secondary N) is 4. The molecule has 0 bridgehead atoms. The summed E-state index contributed by atoms with van der Waals surface area (Å²) < 4.78 is 83.8. The van der Waals surface area contributed by atoms with Crippen molar-refractivity contribution in [3.05, 3.63) is 95.0 Å². The lowest BCUT2D eigenvalue weighted by molar-refractivity contribution is 0.0436. The largest absolute Gasteiger partial charge is 0.695 e. The molecule has 0 aromatic carbocycles. The summed E-state index contributed by atoms with van der Waals surface area (Å²) in [5, 5.41) is 68.5. The van der Waals surface area contributed by atoms with E-state index in [1.807, 2.05) is 20.8 Å². The summed E-state index contributed by atoms with van der Waals surface area (Å²) in [6, 6.07) is 5.42. The molecule has 88 heavy (non-hydrogen) atoms. The van der Waals surface area contributed by atoms with Gasteiger partial charge >= 0.3 is 8.25 Å². The fourth-order valence-corrected chi connectivity index (χ4v) is 11.7. The van der Waals surface area contributed by atoms with Crippen molar-refractivity contribution in [1.82, 2.24) is 49.8 Å². The van der Waals surface area contributed by atoms with E-state index in [0.29, 0.717) is 77.3 Å². The predicted octanol–water partition coefficient (Wildman–Crippen LogP) is 7.34. The quantitative estimate of drug-likeness (QED) is 0.0277. The lowest BCUT2D eigenvalue weighted by Crippen LogP contribution is -2.32. The number of aliphatic hydroxyl groups excluding tert-OH is 6. The van der Waals surface area contributed by atoms with Crippen LogP contribution in [0.15, 0.2) is 74.4 Å². The number of hydrogen-bond donors (Lipinski definition) is 12. The van der Waals surface area contributed by atoms with E-state index in [4.69, 9.17) is 76.9 Å². The maximum atomic E-state index is 14.3. The minimum Gasteiger partial charge on any atom is -0.396 e. The van der Waals surface area contributed by atoms with Crippen molar-refractivity contribution in [3.8, 4) is 0 Å². The molecule has 5 aliphatic carbocycles. The Morgan fingerprint density at radius 3 is 1.12 bits per heavy atom. The molecule has 13 N–H and O–H groups in total. The maximum Gasteiger partial charge on any atom is 0.695 e. The molecule has 5 saturated carbocycles. The number of aromatic nitrogens is 10. The standard InChI is InChI=1S/C11H15ClFN3O.C11H15FN3O3P.C11H16FN3O.C10H13ClFN3O2.C6H12FNO2.C4H2Cl2N2.ClH/c1-2-6-3-7(10(13)11(6)17)16-9-4-8(12)14-5-15-9;1-2-7-5-8(10(12)11(7)18-19(16)17)15-9-3-4-13-6-14-9;1-2-7-5-8(10(12)11(7)16)15-9-3-4-13-6-14-9;11-7-2-8(14-4-13-7)15-6-1-5(3-16)10(17)9(6)12;7-5-4(8)1-3(2-9)6(5)10;5-3-1-4(6)8-2-7-3;/h4-7,10-11,17H,2-3H2,1H3,(H,14,15,16);3-4,6-8,10-11H,2,5H2,1H3,(H-,13,14,15,16,17);3-4,6-8,10-11,16H,2,5H2,1H3,(H,13,14,15);2,4-6,9-10,16-17H,1,3H2,(H,13,14,15);3-6,9-10H,1-2,8H2;1-2H;1H/p+1/t6-,7+,10+,11+;2*7-,8+,10+,11+;5-,6-,9-,10-;3-,4-,5-,6-;;/m00011../s1. The molecule has 0 saturated heterocycles.